The van der Waals surface area contributed by atoms with Crippen LogP contribution in [0.4, 0.5) is 14.6 Å². The number of ether oxygens (including phenoxy) is 2. The first kappa shape index (κ1) is 29.5. The minimum absolute atomic E-state index is 0.0161. The van der Waals surface area contributed by atoms with E-state index in [4.69, 9.17) is 31.2 Å². The normalized spacial score (nSPS) is 25.8. The van der Waals surface area contributed by atoms with Crippen molar-refractivity contribution in [3.8, 4) is 17.3 Å². The topological polar surface area (TPSA) is 133 Å². The highest BCUT2D eigenvalue weighted by molar-refractivity contribution is 6.31. The average molecular weight is 630 g/mol. The van der Waals surface area contributed by atoms with Crippen LogP contribution in [0.2, 0.25) is 5.02 Å². The van der Waals surface area contributed by atoms with Crippen molar-refractivity contribution in [2.24, 2.45) is 5.92 Å². The summed E-state index contributed by atoms with van der Waals surface area (Å²) in [6.45, 7) is 2.15. The van der Waals surface area contributed by atoms with E-state index in [9.17, 15) is 9.50 Å². The number of H-pyrrole nitrogens is 1. The van der Waals surface area contributed by atoms with E-state index in [0.29, 0.717) is 71.7 Å². The number of aromatic nitrogens is 5. The fourth-order valence-corrected chi connectivity index (χ4v) is 7.46. The number of β-amino-alcohol motifs (C(OH)–C–C–N with tert-alkyl or cyclic N) is 1. The Balaban J connectivity index is 1.30. The summed E-state index contributed by atoms with van der Waals surface area (Å²) in [6, 6.07) is 3.32. The molecule has 3 N–H and O–H groups in total. The van der Waals surface area contributed by atoms with E-state index in [1.165, 1.54) is 6.20 Å². The average Bonchev–Trinajstić information content (AvgIpc) is 3.70. The molecule has 6 heterocycles. The van der Waals surface area contributed by atoms with Gasteiger partial charge in [0.15, 0.2) is 5.82 Å². The van der Waals surface area contributed by atoms with Crippen molar-refractivity contribution in [1.82, 2.24) is 30.0 Å². The fraction of sp³-hybridized carbons (Fsp3) is 0.533. The molecule has 4 atom stereocenters. The predicted molar refractivity (Wildman–Crippen MR) is 160 cm³/mol. The molecule has 3 aromatic heterocycles. The Morgan fingerprint density at radius 1 is 1.16 bits per heavy atom. The standard InChI is InChI=1S/C30H34ClF2N7O4/c31-18-7-21(22-11-35-38-24(22)8-18)26-25(33)27-23(10-34-26)28(39-12-17(2-5-43-16-41)6-20(42)14-39)37-29(36-27)44-15-30-3-1-4-40(30)13-19(32)9-30/h7-8,10-11,17,19-20,41-42H,1-6,9,12-16H2,(H,35,38)/t17?,19-,20+,30?/m1/s1. The van der Waals surface area contributed by atoms with Gasteiger partial charge in [-0.25, -0.2) is 8.78 Å². The van der Waals surface area contributed by atoms with Gasteiger partial charge in [-0.05, 0) is 50.3 Å². The zero-order valence-corrected chi connectivity index (χ0v) is 24.8. The lowest BCUT2D eigenvalue weighted by molar-refractivity contribution is -0.00954. The molecule has 11 nitrogen and oxygen atoms in total. The highest BCUT2D eigenvalue weighted by Crippen LogP contribution is 2.41. The van der Waals surface area contributed by atoms with Gasteiger partial charge in [0.2, 0.25) is 0 Å². The first-order valence-electron chi connectivity index (χ1n) is 15.0. The number of nitrogens with zero attached hydrogens (tertiary/aromatic N) is 6. The van der Waals surface area contributed by atoms with Gasteiger partial charge >= 0.3 is 6.01 Å². The number of hydrogen-bond acceptors (Lipinski definition) is 10. The van der Waals surface area contributed by atoms with Crippen molar-refractivity contribution in [1.29, 1.82) is 0 Å². The molecule has 14 heteroatoms. The number of halogens is 3. The maximum Gasteiger partial charge on any atom is 0.319 e. The van der Waals surface area contributed by atoms with Crippen molar-refractivity contribution in [3.05, 3.63) is 35.4 Å². The molecular formula is C30H34ClF2N7O4. The summed E-state index contributed by atoms with van der Waals surface area (Å²) in [5.41, 5.74) is 0.731. The van der Waals surface area contributed by atoms with Crippen molar-refractivity contribution >= 4 is 39.2 Å². The number of nitrogens with one attached hydrogen (secondary N) is 1. The van der Waals surface area contributed by atoms with E-state index in [-0.39, 0.29) is 43.1 Å². The van der Waals surface area contributed by atoms with Crippen LogP contribution >= 0.6 is 11.6 Å². The van der Waals surface area contributed by atoms with E-state index in [1.807, 2.05) is 4.90 Å². The molecule has 44 heavy (non-hydrogen) atoms. The largest absolute Gasteiger partial charge is 0.461 e. The maximum absolute atomic E-state index is 16.6. The number of anilines is 1. The molecule has 2 unspecified atom stereocenters. The molecular weight excluding hydrogens is 596 g/mol. The molecule has 3 saturated heterocycles. The Hall–Kier alpha value is -3.23. The molecule has 0 amide bonds. The minimum Gasteiger partial charge on any atom is -0.461 e. The zero-order valence-electron chi connectivity index (χ0n) is 24.1. The molecule has 0 bridgehead atoms. The molecule has 3 fully saturated rings. The van der Waals surface area contributed by atoms with Crippen molar-refractivity contribution < 1.29 is 28.5 Å². The number of aliphatic hydroxyl groups is 2. The number of aliphatic hydroxyl groups excluding tert-OH is 2. The quantitative estimate of drug-likeness (QED) is 0.185. The van der Waals surface area contributed by atoms with Crippen molar-refractivity contribution in [3.63, 3.8) is 0 Å². The minimum atomic E-state index is -0.919. The molecule has 0 spiro atoms. The number of hydrogen-bond donors (Lipinski definition) is 3. The molecule has 3 aliphatic rings. The highest BCUT2D eigenvalue weighted by Gasteiger charge is 2.49. The van der Waals surface area contributed by atoms with Gasteiger partial charge in [0.25, 0.3) is 0 Å². The second kappa shape index (κ2) is 11.9. The van der Waals surface area contributed by atoms with Crippen LogP contribution in [-0.4, -0.2) is 104 Å². The monoisotopic (exact) mass is 629 g/mol. The number of benzene rings is 1. The summed E-state index contributed by atoms with van der Waals surface area (Å²) in [6.07, 6.45) is 4.88. The Morgan fingerprint density at radius 2 is 2.05 bits per heavy atom. The lowest BCUT2D eigenvalue weighted by Gasteiger charge is -2.37. The van der Waals surface area contributed by atoms with Gasteiger partial charge in [-0.1, -0.05) is 11.6 Å². The summed E-state index contributed by atoms with van der Waals surface area (Å²) in [4.78, 5) is 17.8. The van der Waals surface area contributed by atoms with E-state index in [1.54, 1.807) is 18.3 Å². The third-order valence-electron chi connectivity index (χ3n) is 9.23. The summed E-state index contributed by atoms with van der Waals surface area (Å²) in [5, 5.41) is 28.2. The lowest BCUT2D eigenvalue weighted by atomic mass is 9.93. The highest BCUT2D eigenvalue weighted by atomic mass is 35.5. The Labute approximate surface area is 257 Å². The number of rotatable bonds is 9. The number of fused-ring (bicyclic) bond motifs is 3. The van der Waals surface area contributed by atoms with Crippen molar-refractivity contribution in [2.45, 2.75) is 49.9 Å². The summed E-state index contributed by atoms with van der Waals surface area (Å²) in [7, 11) is 0. The van der Waals surface area contributed by atoms with Crippen LogP contribution in [0.1, 0.15) is 32.1 Å². The number of piperidine rings is 1. The van der Waals surface area contributed by atoms with Gasteiger partial charge in [0, 0.05) is 54.8 Å². The predicted octanol–water partition coefficient (Wildman–Crippen LogP) is 3.86. The third-order valence-corrected chi connectivity index (χ3v) is 9.45. The van der Waals surface area contributed by atoms with Gasteiger partial charge in [0.1, 0.15) is 36.6 Å². The molecule has 234 valence electrons. The Morgan fingerprint density at radius 3 is 2.91 bits per heavy atom. The summed E-state index contributed by atoms with van der Waals surface area (Å²) < 4.78 is 42.3. The molecule has 0 aliphatic carbocycles. The van der Waals surface area contributed by atoms with Crippen LogP contribution in [-0.2, 0) is 4.74 Å². The molecule has 1 aromatic carbocycles. The van der Waals surface area contributed by atoms with Gasteiger partial charge in [0.05, 0.1) is 28.7 Å². The number of alkyl halides is 1. The second-order valence-corrected chi connectivity index (χ2v) is 12.6. The van der Waals surface area contributed by atoms with Crippen LogP contribution in [0.5, 0.6) is 6.01 Å². The molecule has 7 rings (SSSR count). The smallest absolute Gasteiger partial charge is 0.319 e. The summed E-state index contributed by atoms with van der Waals surface area (Å²) >= 11 is 6.36. The van der Waals surface area contributed by atoms with E-state index < -0.39 is 23.6 Å². The molecule has 4 aromatic rings. The van der Waals surface area contributed by atoms with Crippen LogP contribution in [0, 0.1) is 11.7 Å². The number of aromatic amines is 1. The Kier molecular flexibility index (Phi) is 8.00. The van der Waals surface area contributed by atoms with Crippen molar-refractivity contribution in [2.75, 3.05) is 51.1 Å². The first-order valence-corrected chi connectivity index (χ1v) is 15.3. The van der Waals surface area contributed by atoms with Crippen LogP contribution in [0.15, 0.2) is 24.5 Å². The van der Waals surface area contributed by atoms with Gasteiger partial charge in [-0.2, -0.15) is 15.1 Å². The van der Waals surface area contributed by atoms with E-state index in [2.05, 4.69) is 25.1 Å². The van der Waals surface area contributed by atoms with E-state index in [0.717, 1.165) is 19.4 Å². The van der Waals surface area contributed by atoms with Gasteiger partial charge < -0.3 is 24.6 Å². The fourth-order valence-electron chi connectivity index (χ4n) is 7.25. The third kappa shape index (κ3) is 5.45. The Bertz CT molecular complexity index is 1680. The van der Waals surface area contributed by atoms with E-state index >= 15 is 4.39 Å². The van der Waals surface area contributed by atoms with Gasteiger partial charge in [-0.3, -0.25) is 15.0 Å². The maximum atomic E-state index is 16.6. The molecule has 0 saturated carbocycles. The van der Waals surface area contributed by atoms with Crippen LogP contribution < -0.4 is 9.64 Å². The first-order chi connectivity index (χ1) is 21.3. The van der Waals surface area contributed by atoms with Crippen LogP contribution in [0.3, 0.4) is 0 Å². The lowest BCUT2D eigenvalue weighted by Crippen LogP contribution is -2.44. The summed E-state index contributed by atoms with van der Waals surface area (Å²) in [5.74, 6) is -0.232. The molecule has 0 radical (unpaired) electrons. The zero-order chi connectivity index (χ0) is 30.4. The van der Waals surface area contributed by atoms with Crippen LogP contribution in [0.25, 0.3) is 33.1 Å². The number of pyridine rings is 1. The molecule has 3 aliphatic heterocycles. The SMILES string of the molecule is OCOCCC1C[C@H](O)CN(c2nc(OCC34CCCN3C[C@H](F)C4)nc3c(F)c(-c4cc(Cl)cc5[nH]ncc45)ncc23)C1. The van der Waals surface area contributed by atoms with Gasteiger partial charge in [-0.15, -0.1) is 0 Å². The second-order valence-electron chi connectivity index (χ2n) is 12.1.